The number of ether oxygens (including phenoxy) is 1. The highest BCUT2D eigenvalue weighted by Crippen LogP contribution is 2.36. The van der Waals surface area contributed by atoms with Gasteiger partial charge in [-0.3, -0.25) is 0 Å². The van der Waals surface area contributed by atoms with Crippen molar-refractivity contribution >= 4 is 5.95 Å². The second-order valence-corrected chi connectivity index (χ2v) is 4.78. The Morgan fingerprint density at radius 1 is 1.56 bits per heavy atom. The summed E-state index contributed by atoms with van der Waals surface area (Å²) in [5.41, 5.74) is 0. The van der Waals surface area contributed by atoms with Crippen LogP contribution in [-0.4, -0.2) is 29.3 Å². The van der Waals surface area contributed by atoms with Gasteiger partial charge in [0.05, 0.1) is 6.61 Å². The van der Waals surface area contributed by atoms with E-state index in [0.717, 1.165) is 25.7 Å². The van der Waals surface area contributed by atoms with E-state index in [1.165, 1.54) is 12.8 Å². The van der Waals surface area contributed by atoms with Crippen LogP contribution in [0.2, 0.25) is 0 Å². The lowest BCUT2D eigenvalue weighted by atomic mass is 10.2. The lowest BCUT2D eigenvalue weighted by molar-refractivity contribution is 0.118. The highest BCUT2D eigenvalue weighted by Gasteiger charge is 2.25. The third-order valence-corrected chi connectivity index (χ3v) is 2.59. The van der Waals surface area contributed by atoms with Crippen molar-refractivity contribution < 1.29 is 4.74 Å². The lowest BCUT2D eigenvalue weighted by Gasteiger charge is -2.10. The van der Waals surface area contributed by atoms with Gasteiger partial charge in [-0.25, -0.2) is 4.98 Å². The van der Waals surface area contributed by atoms with Gasteiger partial charge in [-0.2, -0.15) is 0 Å². The van der Waals surface area contributed by atoms with Gasteiger partial charge in [0, 0.05) is 31.6 Å². The first-order valence-electron chi connectivity index (χ1n) is 6.12. The number of rotatable bonds is 7. The summed E-state index contributed by atoms with van der Waals surface area (Å²) in [5.74, 6) is 1.59. The van der Waals surface area contributed by atoms with Gasteiger partial charge in [0.2, 0.25) is 5.95 Å². The molecule has 90 valence electrons. The van der Waals surface area contributed by atoms with Crippen LogP contribution in [0.1, 0.15) is 32.7 Å². The smallest absolute Gasteiger partial charge is 0.203 e. The number of anilines is 1. The Morgan fingerprint density at radius 3 is 3.06 bits per heavy atom. The van der Waals surface area contributed by atoms with Crippen LogP contribution in [0, 0.1) is 5.92 Å². The van der Waals surface area contributed by atoms with Crippen LogP contribution in [0.15, 0.2) is 12.4 Å². The van der Waals surface area contributed by atoms with Gasteiger partial charge in [-0.15, -0.1) is 0 Å². The molecule has 0 bridgehead atoms. The fourth-order valence-corrected chi connectivity index (χ4v) is 1.65. The van der Waals surface area contributed by atoms with Crippen molar-refractivity contribution in [3.8, 4) is 0 Å². The summed E-state index contributed by atoms with van der Waals surface area (Å²) in [5, 5.41) is 3.32. The zero-order valence-electron chi connectivity index (χ0n) is 10.1. The molecule has 1 N–H and O–H groups in total. The summed E-state index contributed by atoms with van der Waals surface area (Å²) < 4.78 is 7.73. The van der Waals surface area contributed by atoms with Gasteiger partial charge < -0.3 is 14.6 Å². The summed E-state index contributed by atoms with van der Waals surface area (Å²) in [7, 11) is 0. The van der Waals surface area contributed by atoms with Gasteiger partial charge >= 0.3 is 0 Å². The summed E-state index contributed by atoms with van der Waals surface area (Å²) in [6, 6.07) is 0.682. The van der Waals surface area contributed by atoms with Crippen molar-refractivity contribution in [3.05, 3.63) is 12.4 Å². The molecular weight excluding hydrogens is 202 g/mol. The topological polar surface area (TPSA) is 39.1 Å². The average molecular weight is 223 g/mol. The molecule has 0 unspecified atom stereocenters. The molecule has 16 heavy (non-hydrogen) atoms. The van der Waals surface area contributed by atoms with Crippen molar-refractivity contribution in [2.45, 2.75) is 32.7 Å². The second kappa shape index (κ2) is 5.34. The monoisotopic (exact) mass is 223 g/mol. The molecule has 1 heterocycles. The zero-order chi connectivity index (χ0) is 11.4. The highest BCUT2D eigenvalue weighted by atomic mass is 16.5. The normalized spacial score (nSPS) is 15.7. The van der Waals surface area contributed by atoms with Crippen molar-refractivity contribution in [3.63, 3.8) is 0 Å². The number of hydrogen-bond acceptors (Lipinski definition) is 3. The molecule has 1 aliphatic rings. The fraction of sp³-hybridized carbons (Fsp3) is 0.750. The van der Waals surface area contributed by atoms with Crippen LogP contribution in [0.5, 0.6) is 0 Å². The third kappa shape index (κ3) is 3.23. The minimum atomic E-state index is 0.605. The maximum Gasteiger partial charge on any atom is 0.203 e. The molecule has 4 heteroatoms. The fourth-order valence-electron chi connectivity index (χ4n) is 1.65. The van der Waals surface area contributed by atoms with Crippen molar-refractivity contribution in [1.82, 2.24) is 9.55 Å². The quantitative estimate of drug-likeness (QED) is 0.721. The average Bonchev–Trinajstić information content (AvgIpc) is 2.98. The second-order valence-electron chi connectivity index (χ2n) is 4.78. The lowest BCUT2D eigenvalue weighted by Crippen LogP contribution is -2.14. The maximum atomic E-state index is 5.51. The SMILES string of the molecule is CC(C)COCCNc1nccn1C1CC1. The molecule has 1 fully saturated rings. The van der Waals surface area contributed by atoms with Gasteiger partial charge in [0.15, 0.2) is 0 Å². The highest BCUT2D eigenvalue weighted by molar-refractivity contribution is 5.27. The van der Waals surface area contributed by atoms with E-state index in [2.05, 4.69) is 34.9 Å². The first kappa shape index (κ1) is 11.5. The molecule has 2 rings (SSSR count). The van der Waals surface area contributed by atoms with Crippen LogP contribution in [0.3, 0.4) is 0 Å². The van der Waals surface area contributed by atoms with Gasteiger partial charge in [-0.1, -0.05) is 13.8 Å². The molecule has 0 aliphatic heterocycles. The number of hydrogen-bond donors (Lipinski definition) is 1. The van der Waals surface area contributed by atoms with Crippen molar-refractivity contribution in [2.24, 2.45) is 5.92 Å². The Balaban J connectivity index is 1.67. The van der Waals surface area contributed by atoms with Crippen LogP contribution >= 0.6 is 0 Å². The molecule has 0 amide bonds. The maximum absolute atomic E-state index is 5.51. The van der Waals surface area contributed by atoms with Crippen LogP contribution in [0.25, 0.3) is 0 Å². The van der Waals surface area contributed by atoms with E-state index in [4.69, 9.17) is 4.74 Å². The van der Waals surface area contributed by atoms with E-state index < -0.39 is 0 Å². The molecule has 1 aliphatic carbocycles. The predicted molar refractivity (Wildman–Crippen MR) is 64.6 cm³/mol. The molecular formula is C12H21N3O. The van der Waals surface area contributed by atoms with Crippen LogP contribution < -0.4 is 5.32 Å². The summed E-state index contributed by atoms with van der Waals surface area (Å²) in [6.45, 7) is 6.73. The standard InChI is InChI=1S/C12H21N3O/c1-10(2)9-16-8-6-14-12-13-5-7-15(12)11-3-4-11/h5,7,10-11H,3-4,6,8-9H2,1-2H3,(H,13,14). The Labute approximate surface area is 97.0 Å². The largest absolute Gasteiger partial charge is 0.379 e. The van der Waals surface area contributed by atoms with Crippen molar-refractivity contribution in [1.29, 1.82) is 0 Å². The molecule has 4 nitrogen and oxygen atoms in total. The Morgan fingerprint density at radius 2 is 2.38 bits per heavy atom. The Bertz CT molecular complexity index is 318. The summed E-state index contributed by atoms with van der Waals surface area (Å²) in [6.07, 6.45) is 6.48. The first-order valence-corrected chi connectivity index (χ1v) is 6.12. The van der Waals surface area contributed by atoms with Crippen LogP contribution in [-0.2, 0) is 4.74 Å². The number of nitrogens with one attached hydrogen (secondary N) is 1. The van der Waals surface area contributed by atoms with E-state index in [9.17, 15) is 0 Å². The third-order valence-electron chi connectivity index (χ3n) is 2.59. The predicted octanol–water partition coefficient (Wildman–Crippen LogP) is 2.30. The number of aromatic nitrogens is 2. The molecule has 0 saturated heterocycles. The van der Waals surface area contributed by atoms with E-state index in [0.29, 0.717) is 12.0 Å². The molecule has 1 saturated carbocycles. The van der Waals surface area contributed by atoms with E-state index in [1.807, 2.05) is 6.20 Å². The molecule has 0 atom stereocenters. The van der Waals surface area contributed by atoms with E-state index in [-0.39, 0.29) is 0 Å². The summed E-state index contributed by atoms with van der Waals surface area (Å²) >= 11 is 0. The number of imidazole rings is 1. The number of nitrogens with zero attached hydrogens (tertiary/aromatic N) is 2. The minimum absolute atomic E-state index is 0.605. The van der Waals surface area contributed by atoms with Gasteiger partial charge in [0.25, 0.3) is 0 Å². The van der Waals surface area contributed by atoms with E-state index in [1.54, 1.807) is 0 Å². The van der Waals surface area contributed by atoms with Gasteiger partial charge in [-0.05, 0) is 18.8 Å². The molecule has 0 spiro atoms. The summed E-state index contributed by atoms with van der Waals surface area (Å²) in [4.78, 5) is 4.31. The minimum Gasteiger partial charge on any atom is -0.379 e. The molecule has 1 aromatic heterocycles. The van der Waals surface area contributed by atoms with Crippen LogP contribution in [0.4, 0.5) is 5.95 Å². The van der Waals surface area contributed by atoms with E-state index >= 15 is 0 Å². The Hall–Kier alpha value is -1.03. The Kier molecular flexibility index (Phi) is 3.83. The van der Waals surface area contributed by atoms with Crippen molar-refractivity contribution in [2.75, 3.05) is 25.1 Å². The molecule has 0 radical (unpaired) electrons. The zero-order valence-corrected chi connectivity index (χ0v) is 10.1. The molecule has 0 aromatic carbocycles. The first-order chi connectivity index (χ1) is 7.77. The molecule has 1 aromatic rings. The van der Waals surface area contributed by atoms with Gasteiger partial charge in [0.1, 0.15) is 0 Å².